The minimum absolute atomic E-state index is 0.0156. The smallest absolute Gasteiger partial charge is 0.233 e. The Morgan fingerprint density at radius 1 is 0.968 bits per heavy atom. The number of thioether (sulfide) groups is 1. The maximum Gasteiger partial charge on any atom is 0.233 e. The largest absolute Gasteiger partial charge is 0.341 e. The molecule has 4 aromatic rings. The van der Waals surface area contributed by atoms with Crippen LogP contribution in [-0.2, 0) is 11.3 Å². The summed E-state index contributed by atoms with van der Waals surface area (Å²) < 4.78 is 15.2. The third-order valence-corrected chi connectivity index (χ3v) is 5.83. The summed E-state index contributed by atoms with van der Waals surface area (Å²) in [6.07, 6.45) is 1.84. The Labute approximate surface area is 185 Å². The monoisotopic (exact) mass is 431 g/mol. The number of hydrogen-bond donors (Lipinski definition) is 0. The van der Waals surface area contributed by atoms with Gasteiger partial charge < -0.3 is 4.90 Å². The van der Waals surface area contributed by atoms with Crippen LogP contribution in [0.2, 0.25) is 0 Å². The number of hydrogen-bond acceptors (Lipinski definition) is 3. The van der Waals surface area contributed by atoms with E-state index in [0.717, 1.165) is 27.7 Å². The van der Waals surface area contributed by atoms with E-state index in [1.54, 1.807) is 24.1 Å². The summed E-state index contributed by atoms with van der Waals surface area (Å²) in [4.78, 5) is 19.0. The third-order valence-electron chi connectivity index (χ3n) is 4.90. The van der Waals surface area contributed by atoms with Crippen LogP contribution < -0.4 is 0 Å². The molecular formula is C25H22FN3OS. The van der Waals surface area contributed by atoms with Crippen molar-refractivity contribution in [1.29, 1.82) is 0 Å². The molecule has 1 heterocycles. The van der Waals surface area contributed by atoms with E-state index in [2.05, 4.69) is 9.55 Å². The first-order valence-corrected chi connectivity index (χ1v) is 10.9. The maximum atomic E-state index is 13.1. The topological polar surface area (TPSA) is 38.1 Å². The van der Waals surface area contributed by atoms with Gasteiger partial charge in [0.15, 0.2) is 5.16 Å². The van der Waals surface area contributed by atoms with Crippen molar-refractivity contribution in [3.63, 3.8) is 0 Å². The number of carbonyl (C=O) groups excluding carboxylic acids is 1. The molecule has 0 N–H and O–H groups in total. The molecule has 3 aromatic carbocycles. The number of benzene rings is 3. The van der Waals surface area contributed by atoms with Crippen LogP contribution in [-0.4, -0.2) is 33.2 Å². The van der Waals surface area contributed by atoms with Crippen LogP contribution in [0.1, 0.15) is 5.56 Å². The second-order valence-corrected chi connectivity index (χ2v) is 8.07. The quantitative estimate of drug-likeness (QED) is 0.366. The van der Waals surface area contributed by atoms with Gasteiger partial charge in [-0.25, -0.2) is 9.37 Å². The van der Waals surface area contributed by atoms with E-state index in [1.807, 2.05) is 66.9 Å². The molecule has 0 aliphatic heterocycles. The van der Waals surface area contributed by atoms with Gasteiger partial charge in [0, 0.05) is 24.8 Å². The fraction of sp³-hybridized carbons (Fsp3) is 0.120. The van der Waals surface area contributed by atoms with Crippen LogP contribution in [0.4, 0.5) is 4.39 Å². The van der Waals surface area contributed by atoms with Crippen LogP contribution in [0.5, 0.6) is 0 Å². The molecule has 6 heteroatoms. The second kappa shape index (κ2) is 9.62. The fourth-order valence-electron chi connectivity index (χ4n) is 3.26. The van der Waals surface area contributed by atoms with Crippen LogP contribution in [0.3, 0.4) is 0 Å². The molecule has 0 aliphatic carbocycles. The number of amides is 1. The van der Waals surface area contributed by atoms with Crippen LogP contribution in [0, 0.1) is 5.82 Å². The highest BCUT2D eigenvalue weighted by Crippen LogP contribution is 2.29. The van der Waals surface area contributed by atoms with E-state index in [-0.39, 0.29) is 17.5 Å². The standard InChI is InChI=1S/C25H22FN3OS/c1-28(17-19-12-14-21(26)15-13-19)24(30)18-31-25-27-16-23(20-8-4-2-5-9-20)29(25)22-10-6-3-7-11-22/h2-16H,17-18H2,1H3. The maximum absolute atomic E-state index is 13.1. The highest BCUT2D eigenvalue weighted by atomic mass is 32.2. The molecule has 0 unspecified atom stereocenters. The van der Waals surface area contributed by atoms with E-state index in [1.165, 1.54) is 23.9 Å². The molecule has 0 radical (unpaired) electrons. The number of rotatable bonds is 7. The minimum Gasteiger partial charge on any atom is -0.341 e. The zero-order valence-electron chi connectivity index (χ0n) is 17.1. The first-order chi connectivity index (χ1) is 15.1. The van der Waals surface area contributed by atoms with Gasteiger partial charge in [-0.1, -0.05) is 72.4 Å². The lowest BCUT2D eigenvalue weighted by molar-refractivity contribution is -0.127. The number of halogens is 1. The van der Waals surface area contributed by atoms with E-state index >= 15 is 0 Å². The van der Waals surface area contributed by atoms with Gasteiger partial charge in [-0.3, -0.25) is 9.36 Å². The highest BCUT2D eigenvalue weighted by molar-refractivity contribution is 7.99. The van der Waals surface area contributed by atoms with E-state index in [9.17, 15) is 9.18 Å². The van der Waals surface area contributed by atoms with Crippen molar-refractivity contribution >= 4 is 17.7 Å². The van der Waals surface area contributed by atoms with Crippen LogP contribution in [0.25, 0.3) is 16.9 Å². The number of nitrogens with zero attached hydrogens (tertiary/aromatic N) is 3. The average molecular weight is 432 g/mol. The Bertz CT molecular complexity index is 1140. The van der Waals surface area contributed by atoms with Crippen molar-refractivity contribution in [2.24, 2.45) is 0 Å². The van der Waals surface area contributed by atoms with Gasteiger partial charge in [0.1, 0.15) is 5.82 Å². The molecular weight excluding hydrogens is 409 g/mol. The summed E-state index contributed by atoms with van der Waals surface area (Å²) in [6, 6.07) is 26.3. The molecule has 0 atom stereocenters. The normalized spacial score (nSPS) is 10.8. The number of para-hydroxylation sites is 1. The first-order valence-electron chi connectivity index (χ1n) is 9.91. The zero-order valence-corrected chi connectivity index (χ0v) is 17.9. The van der Waals surface area contributed by atoms with Crippen LogP contribution >= 0.6 is 11.8 Å². The second-order valence-electron chi connectivity index (χ2n) is 7.13. The summed E-state index contributed by atoms with van der Waals surface area (Å²) in [5.41, 5.74) is 3.92. The number of aromatic nitrogens is 2. The molecule has 1 amide bonds. The molecule has 0 bridgehead atoms. The summed E-state index contributed by atoms with van der Waals surface area (Å²) in [6.45, 7) is 0.433. The van der Waals surface area contributed by atoms with Crippen molar-refractivity contribution < 1.29 is 9.18 Å². The van der Waals surface area contributed by atoms with Gasteiger partial charge in [-0.05, 0) is 29.8 Å². The van der Waals surface area contributed by atoms with Crippen molar-refractivity contribution in [2.45, 2.75) is 11.7 Å². The molecule has 1 aromatic heterocycles. The van der Waals surface area contributed by atoms with Gasteiger partial charge in [0.05, 0.1) is 17.6 Å². The predicted molar refractivity (Wildman–Crippen MR) is 123 cm³/mol. The van der Waals surface area contributed by atoms with Gasteiger partial charge >= 0.3 is 0 Å². The predicted octanol–water partition coefficient (Wildman–Crippen LogP) is 5.43. The lowest BCUT2D eigenvalue weighted by Gasteiger charge is -2.17. The highest BCUT2D eigenvalue weighted by Gasteiger charge is 2.17. The number of carbonyl (C=O) groups is 1. The Morgan fingerprint density at radius 3 is 2.29 bits per heavy atom. The first kappa shape index (κ1) is 20.9. The van der Waals surface area contributed by atoms with Crippen LogP contribution in [0.15, 0.2) is 96.3 Å². The Balaban J connectivity index is 1.52. The molecule has 0 fully saturated rings. The van der Waals surface area contributed by atoms with Gasteiger partial charge in [0.25, 0.3) is 0 Å². The Hall–Kier alpha value is -3.38. The van der Waals surface area contributed by atoms with Crippen molar-refractivity contribution in [1.82, 2.24) is 14.5 Å². The molecule has 156 valence electrons. The van der Waals surface area contributed by atoms with E-state index < -0.39 is 0 Å². The molecule has 0 saturated heterocycles. The molecule has 0 spiro atoms. The van der Waals surface area contributed by atoms with E-state index in [0.29, 0.717) is 6.54 Å². The lowest BCUT2D eigenvalue weighted by Crippen LogP contribution is -2.27. The van der Waals surface area contributed by atoms with Crippen molar-refractivity contribution in [2.75, 3.05) is 12.8 Å². The zero-order chi connectivity index (χ0) is 21.6. The van der Waals surface area contributed by atoms with Gasteiger partial charge in [0.2, 0.25) is 5.91 Å². The molecule has 31 heavy (non-hydrogen) atoms. The Kier molecular flexibility index (Phi) is 6.48. The minimum atomic E-state index is -0.282. The third kappa shape index (κ3) is 5.03. The average Bonchev–Trinajstić information content (AvgIpc) is 3.24. The van der Waals surface area contributed by atoms with Gasteiger partial charge in [-0.2, -0.15) is 0 Å². The van der Waals surface area contributed by atoms with Gasteiger partial charge in [-0.15, -0.1) is 0 Å². The molecule has 4 nitrogen and oxygen atoms in total. The summed E-state index contributed by atoms with van der Waals surface area (Å²) >= 11 is 1.41. The summed E-state index contributed by atoms with van der Waals surface area (Å²) in [5.74, 6) is -0.0380. The van der Waals surface area contributed by atoms with Crippen molar-refractivity contribution in [3.05, 3.63) is 103 Å². The lowest BCUT2D eigenvalue weighted by atomic mass is 10.1. The van der Waals surface area contributed by atoms with E-state index in [4.69, 9.17) is 0 Å². The summed E-state index contributed by atoms with van der Waals surface area (Å²) in [7, 11) is 1.76. The van der Waals surface area contributed by atoms with Crippen molar-refractivity contribution in [3.8, 4) is 16.9 Å². The SMILES string of the molecule is CN(Cc1ccc(F)cc1)C(=O)CSc1ncc(-c2ccccc2)n1-c1ccccc1. The molecule has 4 rings (SSSR count). The summed E-state index contributed by atoms with van der Waals surface area (Å²) in [5, 5.41) is 0.758. The number of imidazole rings is 1. The molecule has 0 saturated carbocycles. The fourth-order valence-corrected chi connectivity index (χ4v) is 4.20. The Morgan fingerprint density at radius 2 is 1.61 bits per heavy atom. The molecule has 0 aliphatic rings.